The van der Waals surface area contributed by atoms with Crippen LogP contribution < -0.4 is 14.4 Å². The largest absolute Gasteiger partial charge is 0.490 e. The second-order valence-corrected chi connectivity index (χ2v) is 6.54. The molecule has 2 atom stereocenters. The average molecular weight is 385 g/mol. The summed E-state index contributed by atoms with van der Waals surface area (Å²) >= 11 is 0. The molecular formula is C22H27NO5. The average Bonchev–Trinajstić information content (AvgIpc) is 2.73. The molecule has 0 aromatic heterocycles. The van der Waals surface area contributed by atoms with E-state index in [2.05, 4.69) is 4.90 Å². The molecule has 150 valence electrons. The molecule has 28 heavy (non-hydrogen) atoms. The number of ether oxygens (including phenoxy) is 4. The molecule has 2 aromatic carbocycles. The molecule has 2 unspecified atom stereocenters. The predicted octanol–water partition coefficient (Wildman–Crippen LogP) is 3.43. The fourth-order valence-electron chi connectivity index (χ4n) is 3.29. The highest BCUT2D eigenvalue weighted by atomic mass is 16.6. The van der Waals surface area contributed by atoms with Gasteiger partial charge in [0.15, 0.2) is 12.3 Å². The molecule has 0 spiro atoms. The minimum absolute atomic E-state index is 0.137. The van der Waals surface area contributed by atoms with Crippen LogP contribution in [0.3, 0.4) is 0 Å². The highest BCUT2D eigenvalue weighted by molar-refractivity contribution is 5.75. The minimum atomic E-state index is -0.592. The number of para-hydroxylation sites is 2. The molecule has 0 bridgehead atoms. The fraction of sp³-hybridized carbons (Fsp3) is 0.409. The third-order valence-corrected chi connectivity index (χ3v) is 4.69. The Kier molecular flexibility index (Phi) is 6.76. The molecule has 0 aliphatic carbocycles. The Morgan fingerprint density at radius 1 is 1.18 bits per heavy atom. The highest BCUT2D eigenvalue weighted by Crippen LogP contribution is 2.32. The summed E-state index contributed by atoms with van der Waals surface area (Å²) in [6.07, 6.45) is -0.264. The van der Waals surface area contributed by atoms with E-state index in [1.54, 1.807) is 0 Å². The summed E-state index contributed by atoms with van der Waals surface area (Å²) in [6, 6.07) is 15.7. The maximum absolute atomic E-state index is 11.8. The standard InChI is InChI=1S/C22H27NO5/c1-4-26-21(22(24)25-3)15-17-9-11-18(12-10-17)28-16(2)23-13-14-27-20-8-6-5-7-19(20)23/h5-12,16,21H,4,13-15H2,1-3H3. The molecule has 6 heteroatoms. The van der Waals surface area contributed by atoms with Gasteiger partial charge in [-0.05, 0) is 43.7 Å². The van der Waals surface area contributed by atoms with Gasteiger partial charge in [0.05, 0.1) is 19.3 Å². The van der Waals surface area contributed by atoms with Gasteiger partial charge in [0.25, 0.3) is 0 Å². The van der Waals surface area contributed by atoms with Crippen molar-refractivity contribution in [3.8, 4) is 11.5 Å². The molecule has 2 aromatic rings. The van der Waals surface area contributed by atoms with E-state index >= 15 is 0 Å². The van der Waals surface area contributed by atoms with E-state index in [0.29, 0.717) is 19.6 Å². The van der Waals surface area contributed by atoms with Crippen molar-refractivity contribution < 1.29 is 23.7 Å². The molecule has 0 saturated heterocycles. The third-order valence-electron chi connectivity index (χ3n) is 4.69. The smallest absolute Gasteiger partial charge is 0.335 e. The van der Waals surface area contributed by atoms with Crippen molar-refractivity contribution in [2.24, 2.45) is 0 Å². The molecule has 1 aliphatic rings. The zero-order valence-electron chi connectivity index (χ0n) is 16.6. The van der Waals surface area contributed by atoms with E-state index in [-0.39, 0.29) is 12.2 Å². The molecule has 1 aliphatic heterocycles. The molecule has 0 N–H and O–H groups in total. The molecule has 0 radical (unpaired) electrons. The highest BCUT2D eigenvalue weighted by Gasteiger charge is 2.23. The molecular weight excluding hydrogens is 358 g/mol. The first-order chi connectivity index (χ1) is 13.6. The van der Waals surface area contributed by atoms with Crippen LogP contribution in [0.5, 0.6) is 11.5 Å². The number of esters is 1. The fourth-order valence-corrected chi connectivity index (χ4v) is 3.29. The van der Waals surface area contributed by atoms with Gasteiger partial charge >= 0.3 is 5.97 Å². The van der Waals surface area contributed by atoms with Gasteiger partial charge in [-0.15, -0.1) is 0 Å². The predicted molar refractivity (Wildman–Crippen MR) is 107 cm³/mol. The van der Waals surface area contributed by atoms with Crippen LogP contribution in [0.4, 0.5) is 5.69 Å². The maximum atomic E-state index is 11.8. The Morgan fingerprint density at radius 3 is 2.64 bits per heavy atom. The Morgan fingerprint density at radius 2 is 1.93 bits per heavy atom. The van der Waals surface area contributed by atoms with Crippen molar-refractivity contribution in [1.29, 1.82) is 0 Å². The van der Waals surface area contributed by atoms with Crippen LogP contribution >= 0.6 is 0 Å². The van der Waals surface area contributed by atoms with Gasteiger partial charge in [-0.1, -0.05) is 24.3 Å². The monoisotopic (exact) mass is 385 g/mol. The first kappa shape index (κ1) is 20.0. The van der Waals surface area contributed by atoms with E-state index in [1.165, 1.54) is 7.11 Å². The van der Waals surface area contributed by atoms with Crippen molar-refractivity contribution in [1.82, 2.24) is 0 Å². The van der Waals surface area contributed by atoms with Crippen LogP contribution in [0.25, 0.3) is 0 Å². The van der Waals surface area contributed by atoms with E-state index < -0.39 is 6.10 Å². The lowest BCUT2D eigenvalue weighted by molar-refractivity contribution is -0.153. The van der Waals surface area contributed by atoms with E-state index in [9.17, 15) is 4.79 Å². The topological polar surface area (TPSA) is 57.2 Å². The van der Waals surface area contributed by atoms with Gasteiger partial charge in [-0.2, -0.15) is 0 Å². The summed E-state index contributed by atoms with van der Waals surface area (Å²) in [5, 5.41) is 0. The Hall–Kier alpha value is -2.73. The summed E-state index contributed by atoms with van der Waals surface area (Å²) < 4.78 is 22.1. The van der Waals surface area contributed by atoms with E-state index in [0.717, 1.165) is 29.3 Å². The Labute approximate surface area is 166 Å². The first-order valence-corrected chi connectivity index (χ1v) is 9.56. The number of methoxy groups -OCH3 is 1. The van der Waals surface area contributed by atoms with Crippen molar-refractivity contribution >= 4 is 11.7 Å². The number of carbonyl (C=O) groups is 1. The number of hydrogen-bond donors (Lipinski definition) is 0. The van der Waals surface area contributed by atoms with Crippen LogP contribution in [-0.2, 0) is 20.7 Å². The number of rotatable bonds is 8. The quantitative estimate of drug-likeness (QED) is 0.649. The number of benzene rings is 2. The zero-order chi connectivity index (χ0) is 19.9. The second kappa shape index (κ2) is 9.46. The molecule has 3 rings (SSSR count). The summed E-state index contributed by atoms with van der Waals surface area (Å²) in [5.74, 6) is 1.29. The number of anilines is 1. The van der Waals surface area contributed by atoms with Crippen LogP contribution in [0.2, 0.25) is 0 Å². The second-order valence-electron chi connectivity index (χ2n) is 6.54. The van der Waals surface area contributed by atoms with Crippen molar-refractivity contribution in [3.63, 3.8) is 0 Å². The summed E-state index contributed by atoms with van der Waals surface area (Å²) in [7, 11) is 1.37. The number of nitrogens with zero attached hydrogens (tertiary/aromatic N) is 1. The molecule has 6 nitrogen and oxygen atoms in total. The van der Waals surface area contributed by atoms with Gasteiger partial charge in [-0.3, -0.25) is 0 Å². The van der Waals surface area contributed by atoms with Gasteiger partial charge in [0, 0.05) is 13.0 Å². The molecule has 1 heterocycles. The van der Waals surface area contributed by atoms with Crippen molar-refractivity contribution in [2.75, 3.05) is 31.8 Å². The van der Waals surface area contributed by atoms with Crippen LogP contribution in [0.15, 0.2) is 48.5 Å². The summed E-state index contributed by atoms with van der Waals surface area (Å²) in [6.45, 7) is 5.75. The SMILES string of the molecule is CCOC(Cc1ccc(OC(C)N2CCOc3ccccc32)cc1)C(=O)OC. The van der Waals surface area contributed by atoms with Crippen molar-refractivity contribution in [2.45, 2.75) is 32.6 Å². The van der Waals surface area contributed by atoms with Crippen LogP contribution in [0, 0.1) is 0 Å². The number of carbonyl (C=O) groups excluding carboxylic acids is 1. The lowest BCUT2D eigenvalue weighted by atomic mass is 10.1. The van der Waals surface area contributed by atoms with Crippen LogP contribution in [-0.4, -0.2) is 45.2 Å². The first-order valence-electron chi connectivity index (χ1n) is 9.56. The van der Waals surface area contributed by atoms with Crippen molar-refractivity contribution in [3.05, 3.63) is 54.1 Å². The van der Waals surface area contributed by atoms with Gasteiger partial charge in [0.1, 0.15) is 18.1 Å². The van der Waals surface area contributed by atoms with E-state index in [4.69, 9.17) is 18.9 Å². The lowest BCUT2D eigenvalue weighted by Gasteiger charge is -2.35. The molecule has 0 saturated carbocycles. The number of hydrogen-bond acceptors (Lipinski definition) is 6. The van der Waals surface area contributed by atoms with Gasteiger partial charge < -0.3 is 23.8 Å². The number of fused-ring (bicyclic) bond motifs is 1. The van der Waals surface area contributed by atoms with Gasteiger partial charge in [0.2, 0.25) is 0 Å². The summed E-state index contributed by atoms with van der Waals surface area (Å²) in [5.41, 5.74) is 2.02. The third kappa shape index (κ3) is 4.75. The van der Waals surface area contributed by atoms with Gasteiger partial charge in [-0.25, -0.2) is 4.79 Å². The van der Waals surface area contributed by atoms with E-state index in [1.807, 2.05) is 62.4 Å². The molecule has 0 fully saturated rings. The van der Waals surface area contributed by atoms with Crippen LogP contribution in [0.1, 0.15) is 19.4 Å². The Balaban J connectivity index is 1.64. The lowest BCUT2D eigenvalue weighted by Crippen LogP contribution is -2.42. The Bertz CT molecular complexity index is 777. The maximum Gasteiger partial charge on any atom is 0.335 e. The zero-order valence-corrected chi connectivity index (χ0v) is 16.6. The minimum Gasteiger partial charge on any atom is -0.490 e. The molecule has 0 amide bonds. The summed E-state index contributed by atoms with van der Waals surface area (Å²) in [4.78, 5) is 14.0. The normalized spacial score (nSPS) is 15.2.